The molecule has 184 valence electrons. The van der Waals surface area contributed by atoms with Gasteiger partial charge in [0.25, 0.3) is 10.0 Å². The summed E-state index contributed by atoms with van der Waals surface area (Å²) >= 11 is 12.0. The number of halogens is 2. The Hall–Kier alpha value is -2.94. The predicted octanol–water partition coefficient (Wildman–Crippen LogP) is 6.34. The number of hydrogen-bond acceptors (Lipinski definition) is 5. The van der Waals surface area contributed by atoms with Crippen molar-refractivity contribution in [2.75, 3.05) is 17.5 Å². The Morgan fingerprint density at radius 3 is 2.49 bits per heavy atom. The molecule has 0 radical (unpaired) electrons. The molecule has 1 unspecified atom stereocenters. The predicted molar refractivity (Wildman–Crippen MR) is 135 cm³/mol. The number of nitrogens with zero attached hydrogens (tertiary/aromatic N) is 1. The van der Waals surface area contributed by atoms with E-state index in [-0.39, 0.29) is 23.8 Å². The Kier molecular flexibility index (Phi) is 7.44. The van der Waals surface area contributed by atoms with E-state index in [9.17, 15) is 13.2 Å². The molecule has 1 heterocycles. The van der Waals surface area contributed by atoms with Crippen LogP contribution in [0.2, 0.25) is 10.0 Å². The number of hydrogen-bond donors (Lipinski definition) is 1. The van der Waals surface area contributed by atoms with Gasteiger partial charge in [0.1, 0.15) is 17.2 Å². The molecule has 3 aromatic carbocycles. The molecule has 1 N–H and O–H groups in total. The zero-order valence-corrected chi connectivity index (χ0v) is 21.1. The SMILES string of the molecule is CCOc1ccc2c(c1)C(CCC(=O)O)CN2S(=O)(=O)c1cccc(Oc2ccc(Cl)c(Cl)c2)c1. The van der Waals surface area contributed by atoms with Crippen molar-refractivity contribution < 1.29 is 27.8 Å². The molecule has 1 aliphatic heterocycles. The number of carbonyl (C=O) groups is 1. The Morgan fingerprint density at radius 2 is 1.77 bits per heavy atom. The lowest BCUT2D eigenvalue weighted by molar-refractivity contribution is -0.137. The summed E-state index contributed by atoms with van der Waals surface area (Å²) in [4.78, 5) is 11.2. The maximum atomic E-state index is 13.7. The summed E-state index contributed by atoms with van der Waals surface area (Å²) in [5.74, 6) is 0.145. The summed E-state index contributed by atoms with van der Waals surface area (Å²) in [6.07, 6.45) is 0.244. The fraction of sp³-hybridized carbons (Fsp3) is 0.240. The second kappa shape index (κ2) is 10.4. The third-order valence-corrected chi connectivity index (χ3v) is 8.15. The fourth-order valence-corrected chi connectivity index (χ4v) is 5.87. The van der Waals surface area contributed by atoms with Crippen LogP contribution in [0.3, 0.4) is 0 Å². The average Bonchev–Trinajstić information content (AvgIpc) is 3.19. The Bertz CT molecular complexity index is 1360. The summed E-state index contributed by atoms with van der Waals surface area (Å²) < 4.78 is 40.1. The molecule has 35 heavy (non-hydrogen) atoms. The first-order valence-electron chi connectivity index (χ1n) is 10.9. The lowest BCUT2D eigenvalue weighted by Crippen LogP contribution is -2.30. The standard InChI is InChI=1S/C25H23Cl2NO6S/c1-2-33-17-8-10-24-21(13-17)16(6-11-25(29)30)15-28(24)35(31,32)20-5-3-4-18(12-20)34-19-7-9-22(26)23(27)14-19/h3-5,7-10,12-14,16H,2,6,11,15H2,1H3,(H,29,30). The molecular weight excluding hydrogens is 513 g/mol. The van der Waals surface area contributed by atoms with Gasteiger partial charge in [0.2, 0.25) is 0 Å². The van der Waals surface area contributed by atoms with Gasteiger partial charge in [0.05, 0.1) is 27.2 Å². The van der Waals surface area contributed by atoms with E-state index in [1.54, 1.807) is 48.5 Å². The minimum Gasteiger partial charge on any atom is -0.494 e. The maximum Gasteiger partial charge on any atom is 0.303 e. The van der Waals surface area contributed by atoms with Crippen molar-refractivity contribution >= 4 is 44.9 Å². The van der Waals surface area contributed by atoms with Crippen LogP contribution < -0.4 is 13.8 Å². The van der Waals surface area contributed by atoms with E-state index in [0.29, 0.717) is 46.0 Å². The normalized spacial score (nSPS) is 15.1. The summed E-state index contributed by atoms with van der Waals surface area (Å²) in [5.41, 5.74) is 1.27. The smallest absolute Gasteiger partial charge is 0.303 e. The van der Waals surface area contributed by atoms with Crippen molar-refractivity contribution in [3.63, 3.8) is 0 Å². The molecule has 7 nitrogen and oxygen atoms in total. The van der Waals surface area contributed by atoms with Crippen LogP contribution >= 0.6 is 23.2 Å². The van der Waals surface area contributed by atoms with E-state index in [1.807, 2.05) is 6.92 Å². The molecule has 0 fully saturated rings. The van der Waals surface area contributed by atoms with Crippen molar-refractivity contribution in [3.05, 3.63) is 76.3 Å². The maximum absolute atomic E-state index is 13.7. The summed E-state index contributed by atoms with van der Waals surface area (Å²) in [6.45, 7) is 2.46. The lowest BCUT2D eigenvalue weighted by Gasteiger charge is -2.20. The highest BCUT2D eigenvalue weighted by molar-refractivity contribution is 7.92. The van der Waals surface area contributed by atoms with Gasteiger partial charge in [-0.3, -0.25) is 9.10 Å². The molecule has 0 saturated carbocycles. The van der Waals surface area contributed by atoms with Crippen LogP contribution in [0.4, 0.5) is 5.69 Å². The second-order valence-corrected chi connectivity index (χ2v) is 10.6. The first-order chi connectivity index (χ1) is 16.7. The van der Waals surface area contributed by atoms with Crippen molar-refractivity contribution in [2.45, 2.75) is 30.6 Å². The lowest BCUT2D eigenvalue weighted by atomic mass is 9.96. The zero-order valence-electron chi connectivity index (χ0n) is 18.8. The highest BCUT2D eigenvalue weighted by atomic mass is 35.5. The van der Waals surface area contributed by atoms with E-state index in [2.05, 4.69) is 0 Å². The van der Waals surface area contributed by atoms with Crippen molar-refractivity contribution in [1.82, 2.24) is 0 Å². The number of sulfonamides is 1. The number of aliphatic carboxylic acids is 1. The first-order valence-corrected chi connectivity index (χ1v) is 13.1. The summed E-state index contributed by atoms with van der Waals surface area (Å²) in [6, 6.07) is 16.2. The molecule has 10 heteroatoms. The monoisotopic (exact) mass is 535 g/mol. The van der Waals surface area contributed by atoms with Crippen LogP contribution in [0.5, 0.6) is 17.2 Å². The van der Waals surface area contributed by atoms with Gasteiger partial charge in [-0.1, -0.05) is 29.3 Å². The summed E-state index contributed by atoms with van der Waals surface area (Å²) in [5, 5.41) is 9.86. The van der Waals surface area contributed by atoms with Crippen molar-refractivity contribution in [3.8, 4) is 17.2 Å². The van der Waals surface area contributed by atoms with Crippen molar-refractivity contribution in [2.24, 2.45) is 0 Å². The molecule has 4 rings (SSSR count). The molecule has 0 spiro atoms. The van der Waals surface area contributed by atoms with E-state index in [0.717, 1.165) is 5.56 Å². The number of carboxylic acids is 1. The molecular formula is C25H23Cl2NO6S. The summed E-state index contributed by atoms with van der Waals surface area (Å²) in [7, 11) is -3.96. The van der Waals surface area contributed by atoms with Crippen LogP contribution in [-0.4, -0.2) is 32.6 Å². The van der Waals surface area contributed by atoms with Gasteiger partial charge in [-0.05, 0) is 61.4 Å². The van der Waals surface area contributed by atoms with Gasteiger partial charge >= 0.3 is 5.97 Å². The molecule has 0 saturated heterocycles. The molecule has 0 amide bonds. The number of rotatable bonds is 9. The van der Waals surface area contributed by atoms with Gasteiger partial charge in [-0.25, -0.2) is 8.42 Å². The van der Waals surface area contributed by atoms with Crippen LogP contribution in [0, 0.1) is 0 Å². The van der Waals surface area contributed by atoms with Gasteiger partial charge in [-0.15, -0.1) is 0 Å². The number of fused-ring (bicyclic) bond motifs is 1. The molecule has 3 aromatic rings. The zero-order chi connectivity index (χ0) is 25.2. The van der Waals surface area contributed by atoms with Gasteiger partial charge in [0, 0.05) is 31.0 Å². The van der Waals surface area contributed by atoms with E-state index in [4.69, 9.17) is 37.8 Å². The third kappa shape index (κ3) is 5.50. The highest BCUT2D eigenvalue weighted by Crippen LogP contribution is 2.43. The van der Waals surface area contributed by atoms with E-state index < -0.39 is 16.0 Å². The molecule has 0 aliphatic carbocycles. The third-order valence-electron chi connectivity index (χ3n) is 5.63. The van der Waals surface area contributed by atoms with Gasteiger partial charge < -0.3 is 14.6 Å². The van der Waals surface area contributed by atoms with Crippen molar-refractivity contribution in [1.29, 1.82) is 0 Å². The second-order valence-electron chi connectivity index (χ2n) is 7.97. The van der Waals surface area contributed by atoms with Crippen LogP contribution in [0.25, 0.3) is 0 Å². The Morgan fingerprint density at radius 1 is 1.03 bits per heavy atom. The fourth-order valence-electron chi connectivity index (χ4n) is 4.01. The Labute approximate surface area is 213 Å². The van der Waals surface area contributed by atoms with Gasteiger partial charge in [-0.2, -0.15) is 0 Å². The van der Waals surface area contributed by atoms with Gasteiger partial charge in [0.15, 0.2) is 0 Å². The number of anilines is 1. The molecule has 1 atom stereocenters. The largest absolute Gasteiger partial charge is 0.494 e. The highest BCUT2D eigenvalue weighted by Gasteiger charge is 2.37. The van der Waals surface area contributed by atoms with Crippen LogP contribution in [0.1, 0.15) is 31.2 Å². The van der Waals surface area contributed by atoms with E-state index in [1.165, 1.54) is 16.4 Å². The molecule has 1 aliphatic rings. The minimum absolute atomic E-state index is 0.0498. The quantitative estimate of drug-likeness (QED) is 0.343. The first kappa shape index (κ1) is 25.2. The van der Waals surface area contributed by atoms with Crippen LogP contribution in [0.15, 0.2) is 65.6 Å². The number of carboxylic acid groups (broad SMARTS) is 1. The topological polar surface area (TPSA) is 93.1 Å². The Balaban J connectivity index is 1.65. The molecule has 0 bridgehead atoms. The van der Waals surface area contributed by atoms with Crippen LogP contribution in [-0.2, 0) is 14.8 Å². The number of ether oxygens (including phenoxy) is 2. The molecule has 0 aromatic heterocycles. The average molecular weight is 536 g/mol. The number of benzene rings is 3. The minimum atomic E-state index is -3.96. The van der Waals surface area contributed by atoms with E-state index >= 15 is 0 Å².